The molecule has 0 aliphatic carbocycles. The highest BCUT2D eigenvalue weighted by Crippen LogP contribution is 2.20. The fourth-order valence-corrected chi connectivity index (χ4v) is 0.878. The first-order valence-electron chi connectivity index (χ1n) is 2.98. The molecule has 1 rings (SSSR count). The molecule has 1 aromatic rings. The fourth-order valence-electron chi connectivity index (χ4n) is 0.675. The van der Waals surface area contributed by atoms with Crippen molar-refractivity contribution in [3.05, 3.63) is 27.1 Å². The smallest absolute Gasteiger partial charge is 0.278 e. The first kappa shape index (κ1) is 8.99. The van der Waals surface area contributed by atoms with Crippen molar-refractivity contribution in [3.8, 4) is 0 Å². The predicted molar refractivity (Wildman–Crippen MR) is 41.4 cm³/mol. The molecule has 0 atom stereocenters. The molecule has 1 heterocycles. The molecule has 3 nitrogen and oxygen atoms in total. The predicted octanol–water partition coefficient (Wildman–Crippen LogP) is 1.55. The molecule has 0 fully saturated rings. The van der Waals surface area contributed by atoms with Gasteiger partial charge in [-0.15, -0.1) is 0 Å². The lowest BCUT2D eigenvalue weighted by atomic mass is 10.3. The van der Waals surface area contributed by atoms with E-state index < -0.39 is 17.7 Å². The van der Waals surface area contributed by atoms with Crippen LogP contribution in [0.25, 0.3) is 0 Å². The molecule has 6 heteroatoms. The van der Waals surface area contributed by atoms with Gasteiger partial charge >= 0.3 is 0 Å². The number of halogens is 3. The van der Waals surface area contributed by atoms with Crippen LogP contribution in [0.5, 0.6) is 0 Å². The zero-order valence-corrected chi connectivity index (χ0v) is 6.53. The number of rotatable bonds is 1. The molecule has 0 aliphatic rings. The highest BCUT2D eigenvalue weighted by atomic mass is 35.5. The molecule has 66 valence electrons. The van der Waals surface area contributed by atoms with E-state index in [1.165, 1.54) is 0 Å². The van der Waals surface area contributed by atoms with Crippen LogP contribution in [0, 0.1) is 0 Å². The number of H-pyrrole nitrogens is 1. The number of alkyl halides is 2. The molecule has 0 amide bonds. The second-order valence-corrected chi connectivity index (χ2v) is 2.52. The van der Waals surface area contributed by atoms with Crippen LogP contribution >= 0.6 is 11.6 Å². The number of nitrogen functional groups attached to an aromatic ring is 1. The summed E-state index contributed by atoms with van der Waals surface area (Å²) in [5.41, 5.74) is 3.56. The van der Waals surface area contributed by atoms with E-state index in [9.17, 15) is 13.6 Å². The Morgan fingerprint density at radius 1 is 1.58 bits per heavy atom. The van der Waals surface area contributed by atoms with Gasteiger partial charge in [0.1, 0.15) is 5.69 Å². The summed E-state index contributed by atoms with van der Waals surface area (Å²) in [4.78, 5) is 12.7. The standard InChI is InChI=1S/C6H5ClF2N2O/c7-2-1-3(5(8)9)11-6(12)4(2)10/h1,5H,10H2,(H,11,12). The first-order chi connectivity index (χ1) is 5.52. The van der Waals surface area contributed by atoms with E-state index in [1.807, 2.05) is 4.98 Å². The van der Waals surface area contributed by atoms with Crippen molar-refractivity contribution in [2.75, 3.05) is 5.73 Å². The Labute approximate surface area is 71.2 Å². The van der Waals surface area contributed by atoms with Crippen LogP contribution in [0.4, 0.5) is 14.5 Å². The van der Waals surface area contributed by atoms with Crippen molar-refractivity contribution in [1.82, 2.24) is 4.98 Å². The van der Waals surface area contributed by atoms with E-state index in [0.717, 1.165) is 6.07 Å². The summed E-state index contributed by atoms with van der Waals surface area (Å²) in [6, 6.07) is 0.933. The molecule has 0 spiro atoms. The molecule has 3 N–H and O–H groups in total. The van der Waals surface area contributed by atoms with Crippen molar-refractivity contribution in [3.63, 3.8) is 0 Å². The largest absolute Gasteiger partial charge is 0.393 e. The van der Waals surface area contributed by atoms with Gasteiger partial charge in [0.05, 0.1) is 10.7 Å². The summed E-state index contributed by atoms with van der Waals surface area (Å²) in [5.74, 6) is 0. The number of aromatic amines is 1. The van der Waals surface area contributed by atoms with Gasteiger partial charge in [-0.2, -0.15) is 0 Å². The molecule has 0 saturated carbocycles. The van der Waals surface area contributed by atoms with E-state index in [-0.39, 0.29) is 10.7 Å². The van der Waals surface area contributed by atoms with Crippen molar-refractivity contribution in [1.29, 1.82) is 0 Å². The third-order valence-electron chi connectivity index (χ3n) is 1.28. The number of anilines is 1. The van der Waals surface area contributed by atoms with Crippen LogP contribution in [-0.2, 0) is 0 Å². The molecule has 0 radical (unpaired) electrons. The van der Waals surface area contributed by atoms with Gasteiger partial charge in [0, 0.05) is 0 Å². The number of nitrogens with one attached hydrogen (secondary N) is 1. The molecule has 0 aliphatic heterocycles. The van der Waals surface area contributed by atoms with Gasteiger partial charge in [0.25, 0.3) is 12.0 Å². The first-order valence-corrected chi connectivity index (χ1v) is 3.36. The molecule has 0 aromatic carbocycles. The van der Waals surface area contributed by atoms with E-state index in [4.69, 9.17) is 17.3 Å². The lowest BCUT2D eigenvalue weighted by Gasteiger charge is -2.01. The van der Waals surface area contributed by atoms with E-state index in [2.05, 4.69) is 0 Å². The monoisotopic (exact) mass is 194 g/mol. The minimum Gasteiger partial charge on any atom is -0.393 e. The average molecular weight is 195 g/mol. The van der Waals surface area contributed by atoms with Crippen LogP contribution in [-0.4, -0.2) is 4.98 Å². The van der Waals surface area contributed by atoms with Crippen LogP contribution < -0.4 is 11.3 Å². The number of hydrogen-bond donors (Lipinski definition) is 2. The van der Waals surface area contributed by atoms with Crippen LogP contribution in [0.1, 0.15) is 12.1 Å². The summed E-state index contributed by atoms with van der Waals surface area (Å²) in [5, 5.41) is -0.158. The number of hydrogen-bond acceptors (Lipinski definition) is 2. The van der Waals surface area contributed by atoms with Gasteiger partial charge in [-0.3, -0.25) is 4.79 Å². The number of aromatic nitrogens is 1. The van der Waals surface area contributed by atoms with Crippen LogP contribution in [0.3, 0.4) is 0 Å². The third kappa shape index (κ3) is 1.55. The van der Waals surface area contributed by atoms with Crippen molar-refractivity contribution >= 4 is 17.3 Å². The highest BCUT2D eigenvalue weighted by Gasteiger charge is 2.11. The Morgan fingerprint density at radius 2 is 2.17 bits per heavy atom. The third-order valence-corrected chi connectivity index (χ3v) is 1.59. The zero-order valence-electron chi connectivity index (χ0n) is 5.77. The van der Waals surface area contributed by atoms with Crippen LogP contribution in [0.15, 0.2) is 10.9 Å². The lowest BCUT2D eigenvalue weighted by Crippen LogP contribution is -2.14. The average Bonchev–Trinajstić information content (AvgIpc) is 1.99. The fraction of sp³-hybridized carbons (Fsp3) is 0.167. The van der Waals surface area contributed by atoms with Crippen molar-refractivity contribution in [2.45, 2.75) is 6.43 Å². The minimum atomic E-state index is -2.75. The SMILES string of the molecule is Nc1c(Cl)cc(C(F)F)[nH]c1=O. The maximum absolute atomic E-state index is 12.0. The topological polar surface area (TPSA) is 58.9 Å². The molecule has 0 saturated heterocycles. The summed E-state index contributed by atoms with van der Waals surface area (Å²) in [6.45, 7) is 0. The normalized spacial score (nSPS) is 10.7. The molecule has 12 heavy (non-hydrogen) atoms. The summed E-state index contributed by atoms with van der Waals surface area (Å²) in [6.07, 6.45) is -2.75. The second kappa shape index (κ2) is 3.10. The van der Waals surface area contributed by atoms with Gasteiger partial charge in [0.2, 0.25) is 0 Å². The Kier molecular flexibility index (Phi) is 2.32. The lowest BCUT2D eigenvalue weighted by molar-refractivity contribution is 0.146. The quantitative estimate of drug-likeness (QED) is 0.713. The summed E-state index contributed by atoms with van der Waals surface area (Å²) < 4.78 is 24.0. The van der Waals surface area contributed by atoms with Gasteiger partial charge in [-0.1, -0.05) is 11.6 Å². The van der Waals surface area contributed by atoms with Gasteiger partial charge in [-0.05, 0) is 6.07 Å². The van der Waals surface area contributed by atoms with Gasteiger partial charge in [0.15, 0.2) is 0 Å². The Hall–Kier alpha value is -1.10. The summed E-state index contributed by atoms with van der Waals surface area (Å²) in [7, 11) is 0. The Morgan fingerprint density at radius 3 is 2.58 bits per heavy atom. The number of pyridine rings is 1. The van der Waals surface area contributed by atoms with E-state index in [1.54, 1.807) is 0 Å². The molecular weight excluding hydrogens is 190 g/mol. The van der Waals surface area contributed by atoms with Gasteiger partial charge < -0.3 is 10.7 Å². The Bertz CT molecular complexity index is 350. The maximum atomic E-state index is 12.0. The highest BCUT2D eigenvalue weighted by molar-refractivity contribution is 6.33. The van der Waals surface area contributed by atoms with Crippen molar-refractivity contribution in [2.24, 2.45) is 0 Å². The van der Waals surface area contributed by atoms with E-state index in [0.29, 0.717) is 0 Å². The molecule has 0 unspecified atom stereocenters. The Balaban J connectivity index is 3.31. The summed E-state index contributed by atoms with van der Waals surface area (Å²) >= 11 is 5.38. The van der Waals surface area contributed by atoms with Crippen LogP contribution in [0.2, 0.25) is 5.02 Å². The number of nitrogens with two attached hydrogens (primary N) is 1. The maximum Gasteiger partial charge on any atom is 0.278 e. The minimum absolute atomic E-state index is 0.158. The zero-order chi connectivity index (χ0) is 9.30. The molecule has 1 aromatic heterocycles. The second-order valence-electron chi connectivity index (χ2n) is 2.12. The molecule has 0 bridgehead atoms. The van der Waals surface area contributed by atoms with E-state index >= 15 is 0 Å². The van der Waals surface area contributed by atoms with Gasteiger partial charge in [-0.25, -0.2) is 8.78 Å². The van der Waals surface area contributed by atoms with Crippen molar-refractivity contribution < 1.29 is 8.78 Å². The molecular formula is C6H5ClF2N2O.